The molecule has 1 aliphatic carbocycles. The number of carbonyl (C=O) groups excluding carboxylic acids is 5. The Bertz CT molecular complexity index is 6810. The average Bonchev–Trinajstić information content (AvgIpc) is 1.64. The molecule has 1 aliphatic heterocycles. The Balaban J connectivity index is 0.000000128. The van der Waals surface area contributed by atoms with Crippen molar-refractivity contribution >= 4 is 127 Å². The number of benzene rings is 8. The molecule has 8 amide bonds. The fraction of sp³-hybridized carbons (Fsp3) is 0.133. The molecule has 33 heteroatoms. The van der Waals surface area contributed by atoms with Crippen LogP contribution in [0.2, 0.25) is 10.0 Å². The number of ether oxygens (including phenoxy) is 1. The van der Waals surface area contributed by atoms with E-state index in [4.69, 9.17) is 43.1 Å². The maximum atomic E-state index is 13.0. The summed E-state index contributed by atoms with van der Waals surface area (Å²) in [7, 11) is 1.79. The van der Waals surface area contributed by atoms with E-state index in [9.17, 15) is 37.1 Å². The molecule has 0 atom stereocenters. The van der Waals surface area contributed by atoms with Crippen molar-refractivity contribution in [3.63, 3.8) is 0 Å². The van der Waals surface area contributed by atoms with E-state index in [0.717, 1.165) is 161 Å². The van der Waals surface area contributed by atoms with E-state index in [1.807, 2.05) is 199 Å². The highest BCUT2D eigenvalue weighted by Crippen LogP contribution is 2.44. The number of hydrogen-bond acceptors (Lipinski definition) is 15. The maximum absolute atomic E-state index is 13.0. The summed E-state index contributed by atoms with van der Waals surface area (Å²) >= 11 is 11.5. The number of pyridine rings is 3. The lowest BCUT2D eigenvalue weighted by molar-refractivity contribution is -0.137. The second-order valence-corrected chi connectivity index (χ2v) is 31.4. The van der Waals surface area contributed by atoms with Gasteiger partial charge in [0, 0.05) is 165 Å². The zero-order chi connectivity index (χ0) is 91.2. The van der Waals surface area contributed by atoms with E-state index in [1.165, 1.54) is 12.3 Å². The molecule has 0 radical (unpaired) electrons. The molecule has 0 saturated heterocycles. The lowest BCUT2D eigenvalue weighted by Gasteiger charge is -2.13. The van der Waals surface area contributed by atoms with Gasteiger partial charge in [-0.1, -0.05) is 107 Å². The molecule has 8 aromatic carbocycles. The van der Waals surface area contributed by atoms with Gasteiger partial charge in [-0.2, -0.15) is 23.4 Å². The van der Waals surface area contributed by atoms with Crippen molar-refractivity contribution in [1.82, 2.24) is 64.4 Å². The summed E-state index contributed by atoms with van der Waals surface area (Å²) in [5.74, 6) is 2.60. The van der Waals surface area contributed by atoms with Crippen molar-refractivity contribution in [2.24, 2.45) is 0 Å². The number of fused-ring (bicyclic) bond motifs is 3. The molecule has 28 nitrogen and oxygen atoms in total. The van der Waals surface area contributed by atoms with E-state index >= 15 is 0 Å². The summed E-state index contributed by atoms with van der Waals surface area (Å²) in [6, 6.07) is 65.4. The van der Waals surface area contributed by atoms with Crippen molar-refractivity contribution < 1.29 is 41.9 Å². The number of amides is 8. The van der Waals surface area contributed by atoms with Crippen LogP contribution in [0, 0.1) is 13.8 Å². The number of alkyl halides is 3. The molecule has 1 fully saturated rings. The minimum absolute atomic E-state index is 0.0623. The monoisotopic (exact) mass is 1790 g/mol. The second kappa shape index (κ2) is 39.7. The minimum Gasteiger partial charge on any atom is -0.455 e. The molecule has 19 rings (SSSR count). The van der Waals surface area contributed by atoms with Gasteiger partial charge in [-0.15, -0.1) is 0 Å². The topological polar surface area (TPSA) is 363 Å². The normalized spacial score (nSPS) is 11.9. The van der Waals surface area contributed by atoms with Crippen LogP contribution in [-0.2, 0) is 41.7 Å². The number of nitrogens with one attached hydrogen (secondary N) is 12. The highest BCUT2D eigenvalue weighted by atomic mass is 35.5. The number of carbonyl (C=O) groups is 5. The van der Waals surface area contributed by atoms with Crippen molar-refractivity contribution in [2.75, 3.05) is 54.9 Å². The molecule has 17 aromatic rings. The van der Waals surface area contributed by atoms with Crippen molar-refractivity contribution in [3.8, 4) is 78.9 Å². The number of aromatic amines is 3. The van der Waals surface area contributed by atoms with Crippen LogP contribution in [0.3, 0.4) is 0 Å². The fourth-order valence-electron chi connectivity index (χ4n) is 14.4. The first-order chi connectivity index (χ1) is 63.5. The van der Waals surface area contributed by atoms with E-state index < -0.39 is 22.8 Å². The summed E-state index contributed by atoms with van der Waals surface area (Å²) in [5, 5.41) is 37.0. The van der Waals surface area contributed by atoms with Crippen LogP contribution < -0.4 is 52.6 Å². The Morgan fingerprint density at radius 2 is 0.992 bits per heavy atom. The minimum atomic E-state index is -4.64. The van der Waals surface area contributed by atoms with Gasteiger partial charge in [-0.25, -0.2) is 39.3 Å². The quantitative estimate of drug-likeness (QED) is 0.0318. The van der Waals surface area contributed by atoms with Crippen LogP contribution in [0.15, 0.2) is 274 Å². The first-order valence-electron chi connectivity index (χ1n) is 41.7. The Labute approximate surface area is 758 Å². The Hall–Kier alpha value is -16.3. The van der Waals surface area contributed by atoms with E-state index in [2.05, 4.69) is 114 Å². The number of halogens is 5. The third-order valence-electron chi connectivity index (χ3n) is 21.1. The number of aryl methyl sites for hydroxylation is 4. The molecule has 1 saturated carbocycles. The Morgan fingerprint density at radius 3 is 1.50 bits per heavy atom. The number of hydrogen-bond donors (Lipinski definition) is 12. The lowest BCUT2D eigenvalue weighted by Crippen LogP contribution is -2.19. The van der Waals surface area contributed by atoms with Crippen LogP contribution >= 0.6 is 23.2 Å². The van der Waals surface area contributed by atoms with Crippen molar-refractivity contribution in [2.45, 2.75) is 78.6 Å². The highest BCUT2D eigenvalue weighted by molar-refractivity contribution is 6.31. The Kier molecular flexibility index (Phi) is 26.7. The van der Waals surface area contributed by atoms with Gasteiger partial charge >= 0.3 is 24.3 Å². The standard InChI is InChI=1S/2C26H24N6O.C25H23ClN6O.C21H14ClF3N4O3/c2*1-3-32-16-23(21-11-13-27-25-22(21)12-14-28-25)24(31-32)18-5-4-6-20(15-18)30-26(33)29-19-9-7-17(2)8-10-19;1-27-25-28-12-11-20(30-25)23-22(31-24(32-23)16-7-8-16)17-3-2-4-19(14-17)29-21(33)13-15-5-9-18(26)10-6-15;22-15-6-3-12(9-14(15)21(23,24)25)28-20(31)27-11-1-4-13(5-2-11)32-17-7-8-26-16-10-18(30)29-19(16)17/h2*4-16H,3H2,1-2H3,(H,27,28)(H2,29,30,33);2-6,9-12,14,16H,7-8,13H2,1H3,(H,29,33)(H,31,32)(H,27,28,30);1-9H,10H2,(H,29,30)(H2,27,28,31). The van der Waals surface area contributed by atoms with Crippen LogP contribution in [0.4, 0.5) is 79.0 Å². The van der Waals surface area contributed by atoms with Gasteiger partial charge in [0.25, 0.3) is 0 Å². The lowest BCUT2D eigenvalue weighted by atomic mass is 10.00. The SMILES string of the molecule is CCn1cc(-c2ccnc3[nH]ccc23)c(-c2cccc(NC(=O)Nc3ccc(C)cc3)c2)n1.CCn1cc(-c2ccnc3[nH]ccc23)c(-c2cccc(NC(=O)Nc3ccc(C)cc3)c2)n1.CNc1nccc(-c2[nH]c(C3CC3)nc2-c2cccc(NC(=O)Cc3ccc(Cl)cc3)c2)n1.O=C1Cc2nccc(Oc3ccc(NC(=O)Nc4ccc(Cl)c(C(F)(F)F)c4)cc3)c2N1. The number of rotatable bonds is 21. The number of urea groups is 3. The van der Waals surface area contributed by atoms with Gasteiger partial charge in [-0.05, 0) is 203 Å². The fourth-order valence-corrected chi connectivity index (χ4v) is 14.8. The molecule has 0 unspecified atom stereocenters. The predicted octanol–water partition coefficient (Wildman–Crippen LogP) is 23.1. The molecule has 0 spiro atoms. The highest BCUT2D eigenvalue weighted by Gasteiger charge is 2.34. The molecular weight excluding hydrogens is 1710 g/mol. The number of H-pyrrole nitrogens is 3. The second-order valence-electron chi connectivity index (χ2n) is 30.6. The van der Waals surface area contributed by atoms with E-state index in [-0.39, 0.29) is 42.4 Å². The molecule has 0 bridgehead atoms. The number of nitrogens with zero attached hydrogens (tertiary/aromatic N) is 10. The van der Waals surface area contributed by atoms with E-state index in [1.54, 1.807) is 68.1 Å². The van der Waals surface area contributed by atoms with Gasteiger partial charge < -0.3 is 67.5 Å². The first-order valence-corrected chi connectivity index (χ1v) is 42.5. The first kappa shape index (κ1) is 88.2. The van der Waals surface area contributed by atoms with Gasteiger partial charge in [-0.3, -0.25) is 23.9 Å². The van der Waals surface area contributed by atoms with Gasteiger partial charge in [0.2, 0.25) is 17.8 Å². The number of anilines is 9. The van der Waals surface area contributed by atoms with Crippen molar-refractivity contribution in [1.29, 1.82) is 0 Å². The molecule has 10 heterocycles. The molecule has 9 aromatic heterocycles. The van der Waals surface area contributed by atoms with Crippen LogP contribution in [-0.4, -0.2) is 101 Å². The summed E-state index contributed by atoms with van der Waals surface area (Å²) in [6.45, 7) is 9.66. The van der Waals surface area contributed by atoms with E-state index in [0.29, 0.717) is 62.5 Å². The van der Waals surface area contributed by atoms with Crippen LogP contribution in [0.1, 0.15) is 66.4 Å². The van der Waals surface area contributed by atoms with Gasteiger partial charge in [0.15, 0.2) is 5.75 Å². The third kappa shape index (κ3) is 22.0. The molecule has 12 N–H and O–H groups in total. The maximum Gasteiger partial charge on any atom is 0.417 e. The number of aromatic nitrogens is 13. The smallest absolute Gasteiger partial charge is 0.417 e. The number of imidazole rings is 1. The summed E-state index contributed by atoms with van der Waals surface area (Å²) in [5.41, 5.74) is 19.9. The zero-order valence-corrected chi connectivity index (χ0v) is 72.6. The van der Waals surface area contributed by atoms with Crippen LogP contribution in [0.25, 0.3) is 89.5 Å². The summed E-state index contributed by atoms with van der Waals surface area (Å²) in [6.07, 6.45) is 12.8. The molecular formula is C98H85Cl2F3N22O6. The average molecular weight is 1790 g/mol. The van der Waals surface area contributed by atoms with Crippen molar-refractivity contribution in [3.05, 3.63) is 318 Å². The third-order valence-corrected chi connectivity index (χ3v) is 21.6. The molecule has 2 aliphatic rings. The largest absolute Gasteiger partial charge is 0.455 e. The summed E-state index contributed by atoms with van der Waals surface area (Å²) < 4.78 is 48.5. The zero-order valence-electron chi connectivity index (χ0n) is 71.1. The predicted molar refractivity (Wildman–Crippen MR) is 507 cm³/mol. The molecule has 131 heavy (non-hydrogen) atoms. The Morgan fingerprint density at radius 1 is 0.511 bits per heavy atom. The van der Waals surface area contributed by atoms with Gasteiger partial charge in [0.1, 0.15) is 39.9 Å². The molecule has 658 valence electrons. The van der Waals surface area contributed by atoms with Gasteiger partial charge in [0.05, 0.1) is 46.2 Å². The van der Waals surface area contributed by atoms with Crippen LogP contribution in [0.5, 0.6) is 11.5 Å². The summed E-state index contributed by atoms with van der Waals surface area (Å²) in [4.78, 5) is 97.8.